The molecule has 0 amide bonds. The average molecular weight is 363 g/mol. The summed E-state index contributed by atoms with van der Waals surface area (Å²) in [5.74, 6) is -0.821. The standard InChI is InChI=1S/C22H21NO4/c1-3-9-19(24)27-14-18-21(22(25)26-2)20(15-10-5-4-6-11-15)16-12-7-8-13-17(16)23-18/h4-8,10-13H,3,9,14H2,1-2H3. The van der Waals surface area contributed by atoms with Crippen LogP contribution in [0, 0.1) is 0 Å². The van der Waals surface area contributed by atoms with Crippen molar-refractivity contribution in [2.24, 2.45) is 0 Å². The van der Waals surface area contributed by atoms with Crippen LogP contribution in [0.2, 0.25) is 0 Å². The number of pyridine rings is 1. The number of para-hydroxylation sites is 1. The number of ether oxygens (including phenoxy) is 2. The third-order valence-corrected chi connectivity index (χ3v) is 4.24. The Kier molecular flexibility index (Phi) is 5.81. The van der Waals surface area contributed by atoms with Crippen molar-refractivity contribution in [2.45, 2.75) is 26.4 Å². The third-order valence-electron chi connectivity index (χ3n) is 4.24. The molecular formula is C22H21NO4. The third kappa shape index (κ3) is 3.97. The van der Waals surface area contributed by atoms with E-state index >= 15 is 0 Å². The monoisotopic (exact) mass is 363 g/mol. The number of methoxy groups -OCH3 is 1. The van der Waals surface area contributed by atoms with Gasteiger partial charge in [-0.2, -0.15) is 0 Å². The van der Waals surface area contributed by atoms with E-state index in [4.69, 9.17) is 9.47 Å². The molecule has 0 bridgehead atoms. The lowest BCUT2D eigenvalue weighted by atomic mass is 9.94. The van der Waals surface area contributed by atoms with Gasteiger partial charge in [0, 0.05) is 17.4 Å². The number of carbonyl (C=O) groups is 2. The van der Waals surface area contributed by atoms with Gasteiger partial charge in [0.1, 0.15) is 6.61 Å². The zero-order chi connectivity index (χ0) is 19.2. The Bertz CT molecular complexity index is 967. The maximum absolute atomic E-state index is 12.6. The first-order valence-corrected chi connectivity index (χ1v) is 8.86. The zero-order valence-electron chi connectivity index (χ0n) is 15.4. The summed E-state index contributed by atoms with van der Waals surface area (Å²) < 4.78 is 10.4. The van der Waals surface area contributed by atoms with Gasteiger partial charge in [0.25, 0.3) is 0 Å². The molecule has 0 unspecified atom stereocenters. The number of hydrogen-bond acceptors (Lipinski definition) is 5. The number of benzene rings is 2. The summed E-state index contributed by atoms with van der Waals surface area (Å²) in [5.41, 5.74) is 3.05. The topological polar surface area (TPSA) is 65.5 Å². The molecule has 0 saturated carbocycles. The van der Waals surface area contributed by atoms with Gasteiger partial charge < -0.3 is 9.47 Å². The molecule has 0 radical (unpaired) electrons. The summed E-state index contributed by atoms with van der Waals surface area (Å²) in [5, 5.41) is 0.840. The molecule has 0 fully saturated rings. The predicted molar refractivity (Wildman–Crippen MR) is 103 cm³/mol. The molecule has 5 heteroatoms. The van der Waals surface area contributed by atoms with Crippen LogP contribution in [0.1, 0.15) is 35.8 Å². The smallest absolute Gasteiger partial charge is 0.340 e. The highest BCUT2D eigenvalue weighted by molar-refractivity contribution is 6.07. The van der Waals surface area contributed by atoms with Gasteiger partial charge in [-0.05, 0) is 18.1 Å². The minimum atomic E-state index is -0.506. The normalized spacial score (nSPS) is 10.6. The van der Waals surface area contributed by atoms with Gasteiger partial charge in [-0.3, -0.25) is 4.79 Å². The van der Waals surface area contributed by atoms with Crippen LogP contribution in [0.15, 0.2) is 54.6 Å². The Morgan fingerprint density at radius 1 is 1.00 bits per heavy atom. The number of rotatable bonds is 6. The summed E-state index contributed by atoms with van der Waals surface area (Å²) in [4.78, 5) is 29.0. The lowest BCUT2D eigenvalue weighted by molar-refractivity contribution is -0.145. The molecule has 3 aromatic rings. The van der Waals surface area contributed by atoms with Crippen molar-refractivity contribution in [1.29, 1.82) is 0 Å². The Morgan fingerprint density at radius 2 is 1.70 bits per heavy atom. The van der Waals surface area contributed by atoms with E-state index in [9.17, 15) is 9.59 Å². The van der Waals surface area contributed by atoms with E-state index < -0.39 is 5.97 Å². The summed E-state index contributed by atoms with van der Waals surface area (Å²) in [6, 6.07) is 17.2. The van der Waals surface area contributed by atoms with Crippen molar-refractivity contribution < 1.29 is 19.1 Å². The maximum Gasteiger partial charge on any atom is 0.340 e. The molecule has 2 aromatic carbocycles. The van der Waals surface area contributed by atoms with E-state index in [1.54, 1.807) is 0 Å². The quantitative estimate of drug-likeness (QED) is 0.602. The van der Waals surface area contributed by atoms with Gasteiger partial charge >= 0.3 is 11.9 Å². The fraction of sp³-hybridized carbons (Fsp3) is 0.227. The van der Waals surface area contributed by atoms with Gasteiger partial charge in [0.05, 0.1) is 23.9 Å². The highest BCUT2D eigenvalue weighted by Crippen LogP contribution is 2.34. The lowest BCUT2D eigenvalue weighted by Gasteiger charge is -2.16. The second-order valence-corrected chi connectivity index (χ2v) is 6.09. The molecule has 27 heavy (non-hydrogen) atoms. The van der Waals surface area contributed by atoms with Crippen LogP contribution in [0.5, 0.6) is 0 Å². The van der Waals surface area contributed by atoms with Gasteiger partial charge in [-0.25, -0.2) is 9.78 Å². The van der Waals surface area contributed by atoms with E-state index in [-0.39, 0.29) is 12.6 Å². The number of carbonyl (C=O) groups excluding carboxylic acids is 2. The van der Waals surface area contributed by atoms with Crippen LogP contribution in [-0.2, 0) is 20.9 Å². The van der Waals surface area contributed by atoms with Crippen molar-refractivity contribution in [2.75, 3.05) is 7.11 Å². The van der Waals surface area contributed by atoms with Crippen LogP contribution in [0.3, 0.4) is 0 Å². The van der Waals surface area contributed by atoms with E-state index in [0.29, 0.717) is 24.1 Å². The molecule has 1 aromatic heterocycles. The number of aromatic nitrogens is 1. The van der Waals surface area contributed by atoms with Crippen molar-refractivity contribution in [1.82, 2.24) is 4.98 Å². The molecule has 0 saturated heterocycles. The Morgan fingerprint density at radius 3 is 2.41 bits per heavy atom. The SMILES string of the molecule is CCCC(=O)OCc1nc2ccccc2c(-c2ccccc2)c1C(=O)OC. The molecule has 0 atom stereocenters. The first-order chi connectivity index (χ1) is 13.2. The van der Waals surface area contributed by atoms with Crippen molar-refractivity contribution in [3.8, 4) is 11.1 Å². The highest BCUT2D eigenvalue weighted by atomic mass is 16.5. The van der Waals surface area contributed by atoms with Crippen molar-refractivity contribution in [3.05, 3.63) is 65.9 Å². The summed E-state index contributed by atoms with van der Waals surface area (Å²) >= 11 is 0. The number of fused-ring (bicyclic) bond motifs is 1. The van der Waals surface area contributed by atoms with Gasteiger partial charge in [0.15, 0.2) is 0 Å². The van der Waals surface area contributed by atoms with E-state index in [1.807, 2.05) is 61.5 Å². The van der Waals surface area contributed by atoms with E-state index in [1.165, 1.54) is 7.11 Å². The van der Waals surface area contributed by atoms with Gasteiger partial charge in [-0.1, -0.05) is 55.5 Å². The molecule has 3 rings (SSSR count). The predicted octanol–water partition coefficient (Wildman–Crippen LogP) is 4.53. The summed E-state index contributed by atoms with van der Waals surface area (Å²) in [6.45, 7) is 1.83. The molecule has 0 aliphatic heterocycles. The number of hydrogen-bond donors (Lipinski definition) is 0. The second-order valence-electron chi connectivity index (χ2n) is 6.09. The average Bonchev–Trinajstić information content (AvgIpc) is 2.71. The zero-order valence-corrected chi connectivity index (χ0v) is 15.4. The number of nitrogens with zero attached hydrogens (tertiary/aromatic N) is 1. The molecule has 0 N–H and O–H groups in total. The van der Waals surface area contributed by atoms with E-state index in [0.717, 1.165) is 22.0 Å². The second kappa shape index (κ2) is 8.45. The summed E-state index contributed by atoms with van der Waals surface area (Å²) in [7, 11) is 1.33. The molecule has 1 heterocycles. The van der Waals surface area contributed by atoms with Crippen molar-refractivity contribution >= 4 is 22.8 Å². The van der Waals surface area contributed by atoms with Crippen LogP contribution in [0.25, 0.3) is 22.0 Å². The Balaban J connectivity index is 2.22. The molecule has 0 aliphatic carbocycles. The Labute approximate surface area is 157 Å². The van der Waals surface area contributed by atoms with Gasteiger partial charge in [-0.15, -0.1) is 0 Å². The fourth-order valence-corrected chi connectivity index (χ4v) is 3.02. The van der Waals surface area contributed by atoms with Crippen LogP contribution < -0.4 is 0 Å². The molecule has 138 valence electrons. The largest absolute Gasteiger partial charge is 0.465 e. The molecular weight excluding hydrogens is 342 g/mol. The first kappa shape index (κ1) is 18.6. The fourth-order valence-electron chi connectivity index (χ4n) is 3.02. The van der Waals surface area contributed by atoms with Crippen LogP contribution >= 0.6 is 0 Å². The highest BCUT2D eigenvalue weighted by Gasteiger charge is 2.23. The van der Waals surface area contributed by atoms with Crippen LogP contribution in [0.4, 0.5) is 0 Å². The minimum absolute atomic E-state index is 0.0755. The van der Waals surface area contributed by atoms with Crippen molar-refractivity contribution in [3.63, 3.8) is 0 Å². The van der Waals surface area contributed by atoms with Gasteiger partial charge in [0.2, 0.25) is 0 Å². The summed E-state index contributed by atoms with van der Waals surface area (Å²) in [6.07, 6.45) is 1.02. The van der Waals surface area contributed by atoms with E-state index in [2.05, 4.69) is 4.98 Å². The lowest BCUT2D eigenvalue weighted by Crippen LogP contribution is -2.13. The molecule has 0 aliphatic rings. The van der Waals surface area contributed by atoms with Crippen LogP contribution in [-0.4, -0.2) is 24.0 Å². The number of esters is 2. The first-order valence-electron chi connectivity index (χ1n) is 8.86. The maximum atomic E-state index is 12.6. The Hall–Kier alpha value is -3.21. The minimum Gasteiger partial charge on any atom is -0.465 e. The molecule has 0 spiro atoms. The molecule has 5 nitrogen and oxygen atoms in total.